The highest BCUT2D eigenvalue weighted by molar-refractivity contribution is 7.89. The third kappa shape index (κ3) is 5.42. The molecule has 3 rings (SSSR count). The van der Waals surface area contributed by atoms with Crippen molar-refractivity contribution in [2.45, 2.75) is 38.2 Å². The number of sulfonamides is 1. The summed E-state index contributed by atoms with van der Waals surface area (Å²) in [7, 11) is -3.72. The minimum Gasteiger partial charge on any atom is -0.484 e. The van der Waals surface area contributed by atoms with E-state index in [1.54, 1.807) is 38.1 Å². The van der Waals surface area contributed by atoms with Crippen LogP contribution in [0.25, 0.3) is 0 Å². The molecule has 1 aliphatic rings. The van der Waals surface area contributed by atoms with Gasteiger partial charge in [0.05, 0.1) is 5.92 Å². The maximum atomic E-state index is 12.9. The van der Waals surface area contributed by atoms with Crippen LogP contribution in [-0.2, 0) is 31.0 Å². The molecule has 0 radical (unpaired) electrons. The molecular formula is C20H25N3O7S. The molecular weight excluding hydrogens is 426 g/mol. The number of esters is 1. The number of hydrogen-bond donors (Lipinski definition) is 1. The summed E-state index contributed by atoms with van der Waals surface area (Å²) in [6.45, 7) is 3.38. The van der Waals surface area contributed by atoms with Crippen molar-refractivity contribution in [3.63, 3.8) is 0 Å². The molecule has 2 aromatic rings. The average Bonchev–Trinajstić information content (AvgIpc) is 3.09. The van der Waals surface area contributed by atoms with Crippen LogP contribution in [0.15, 0.2) is 33.7 Å². The summed E-state index contributed by atoms with van der Waals surface area (Å²) in [6.07, 6.45) is 0.729. The molecule has 0 spiro atoms. The lowest BCUT2D eigenvalue weighted by Gasteiger charge is -2.30. The Balaban J connectivity index is 1.53. The zero-order valence-corrected chi connectivity index (χ0v) is 18.2. The molecule has 0 bridgehead atoms. The van der Waals surface area contributed by atoms with Crippen molar-refractivity contribution in [2.24, 2.45) is 11.7 Å². The number of piperidine rings is 1. The summed E-state index contributed by atoms with van der Waals surface area (Å²) in [5, 5.41) is 3.71. The van der Waals surface area contributed by atoms with E-state index in [9.17, 15) is 18.0 Å². The Morgan fingerprint density at radius 2 is 1.97 bits per heavy atom. The molecule has 1 aromatic heterocycles. The molecule has 0 saturated carbocycles. The van der Waals surface area contributed by atoms with Crippen LogP contribution < -0.4 is 10.5 Å². The van der Waals surface area contributed by atoms with E-state index in [2.05, 4.69) is 5.16 Å². The van der Waals surface area contributed by atoms with Gasteiger partial charge < -0.3 is 19.7 Å². The fraction of sp³-hybridized carbons (Fsp3) is 0.450. The Kier molecular flexibility index (Phi) is 6.96. The Morgan fingerprint density at radius 3 is 2.58 bits per heavy atom. The molecule has 1 saturated heterocycles. The van der Waals surface area contributed by atoms with Crippen molar-refractivity contribution < 1.29 is 32.0 Å². The quantitative estimate of drug-likeness (QED) is 0.592. The van der Waals surface area contributed by atoms with E-state index in [0.717, 1.165) is 0 Å². The Morgan fingerprint density at radius 1 is 1.26 bits per heavy atom. The lowest BCUT2D eigenvalue weighted by Crippen LogP contribution is -2.40. The van der Waals surface area contributed by atoms with Gasteiger partial charge in [-0.3, -0.25) is 9.59 Å². The van der Waals surface area contributed by atoms with E-state index < -0.39 is 15.9 Å². The van der Waals surface area contributed by atoms with Gasteiger partial charge in [-0.1, -0.05) is 17.3 Å². The predicted molar refractivity (Wildman–Crippen MR) is 108 cm³/mol. The van der Waals surface area contributed by atoms with E-state index in [-0.39, 0.29) is 48.8 Å². The third-order valence-electron chi connectivity index (χ3n) is 5.01. The van der Waals surface area contributed by atoms with Crippen molar-refractivity contribution in [2.75, 3.05) is 19.7 Å². The van der Waals surface area contributed by atoms with Gasteiger partial charge >= 0.3 is 5.97 Å². The molecule has 31 heavy (non-hydrogen) atoms. The van der Waals surface area contributed by atoms with E-state index in [1.165, 1.54) is 4.31 Å². The van der Waals surface area contributed by atoms with Crippen molar-refractivity contribution in [3.05, 3.63) is 41.3 Å². The Bertz CT molecular complexity index is 1040. The maximum absolute atomic E-state index is 12.9. The summed E-state index contributed by atoms with van der Waals surface area (Å²) in [6, 6.07) is 6.82. The number of nitrogens with zero attached hydrogens (tertiary/aromatic N) is 2. The SMILES string of the molecule is Cc1noc(C)c1S(=O)(=O)N1CCC(C(=O)OCc2cccc(OCC(N)=O)c2)CC1. The van der Waals surface area contributed by atoms with Crippen LogP contribution >= 0.6 is 0 Å². The summed E-state index contributed by atoms with van der Waals surface area (Å²) >= 11 is 0. The number of primary amides is 1. The molecule has 1 fully saturated rings. The first-order chi connectivity index (χ1) is 14.7. The van der Waals surface area contributed by atoms with Crippen LogP contribution in [0.4, 0.5) is 0 Å². The van der Waals surface area contributed by atoms with Gasteiger partial charge in [-0.05, 0) is 44.4 Å². The zero-order valence-electron chi connectivity index (χ0n) is 17.4. The second kappa shape index (κ2) is 9.48. The average molecular weight is 452 g/mol. The van der Waals surface area contributed by atoms with Gasteiger partial charge in [0.15, 0.2) is 12.4 Å². The highest BCUT2D eigenvalue weighted by atomic mass is 32.2. The molecule has 0 atom stereocenters. The minimum absolute atomic E-state index is 0.0458. The number of hydrogen-bond acceptors (Lipinski definition) is 8. The maximum Gasteiger partial charge on any atom is 0.309 e. The van der Waals surface area contributed by atoms with Crippen molar-refractivity contribution in [3.8, 4) is 5.75 Å². The van der Waals surface area contributed by atoms with Crippen LogP contribution in [0.5, 0.6) is 5.75 Å². The topological polar surface area (TPSA) is 142 Å². The molecule has 0 unspecified atom stereocenters. The van der Waals surface area contributed by atoms with E-state index in [4.69, 9.17) is 19.7 Å². The monoisotopic (exact) mass is 451 g/mol. The standard InChI is InChI=1S/C20H25N3O7S/c1-13-19(14(2)30-22-13)31(26,27)23-8-6-16(7-9-23)20(25)29-11-15-4-3-5-17(10-15)28-12-18(21)24/h3-5,10,16H,6-9,11-12H2,1-2H3,(H2,21,24). The molecule has 168 valence electrons. The largest absolute Gasteiger partial charge is 0.484 e. The fourth-order valence-electron chi connectivity index (χ4n) is 3.46. The van der Waals surface area contributed by atoms with Crippen molar-refractivity contribution in [1.82, 2.24) is 9.46 Å². The zero-order chi connectivity index (χ0) is 22.6. The van der Waals surface area contributed by atoms with Gasteiger partial charge in [0, 0.05) is 13.1 Å². The van der Waals surface area contributed by atoms with Crippen LogP contribution in [0.2, 0.25) is 0 Å². The number of aromatic nitrogens is 1. The summed E-state index contributed by atoms with van der Waals surface area (Å²) < 4.78 is 42.7. The van der Waals surface area contributed by atoms with Crippen LogP contribution in [0.3, 0.4) is 0 Å². The number of carbonyl (C=O) groups is 2. The van der Waals surface area contributed by atoms with Gasteiger partial charge in [-0.15, -0.1) is 0 Å². The van der Waals surface area contributed by atoms with Crippen LogP contribution in [0, 0.1) is 19.8 Å². The van der Waals surface area contributed by atoms with Gasteiger partial charge in [-0.2, -0.15) is 4.31 Å². The number of benzene rings is 1. The molecule has 0 aliphatic carbocycles. The molecule has 1 aromatic carbocycles. The molecule has 10 nitrogen and oxygen atoms in total. The van der Waals surface area contributed by atoms with Gasteiger partial charge in [-0.25, -0.2) is 8.42 Å². The van der Waals surface area contributed by atoms with E-state index >= 15 is 0 Å². The van der Waals surface area contributed by atoms with Crippen molar-refractivity contribution >= 4 is 21.9 Å². The van der Waals surface area contributed by atoms with Gasteiger partial charge in [0.1, 0.15) is 22.9 Å². The second-order valence-corrected chi connectivity index (χ2v) is 9.22. The van der Waals surface area contributed by atoms with Crippen LogP contribution in [0.1, 0.15) is 29.9 Å². The first-order valence-electron chi connectivity index (χ1n) is 9.78. The third-order valence-corrected chi connectivity index (χ3v) is 7.16. The smallest absolute Gasteiger partial charge is 0.309 e. The Labute approximate surface area is 180 Å². The number of aryl methyl sites for hydroxylation is 2. The highest BCUT2D eigenvalue weighted by Crippen LogP contribution is 2.28. The number of ether oxygens (including phenoxy) is 2. The number of carbonyl (C=O) groups excluding carboxylic acids is 2. The summed E-state index contributed by atoms with van der Waals surface area (Å²) in [4.78, 5) is 23.4. The highest BCUT2D eigenvalue weighted by Gasteiger charge is 2.35. The number of nitrogens with two attached hydrogens (primary N) is 1. The summed E-state index contributed by atoms with van der Waals surface area (Å²) in [5.41, 5.74) is 6.08. The molecule has 1 aliphatic heterocycles. The molecule has 1 amide bonds. The lowest BCUT2D eigenvalue weighted by atomic mass is 9.98. The van der Waals surface area contributed by atoms with Gasteiger partial charge in [0.25, 0.3) is 5.91 Å². The first kappa shape index (κ1) is 22.8. The fourth-order valence-corrected chi connectivity index (χ4v) is 5.22. The Hall–Kier alpha value is -2.92. The summed E-state index contributed by atoms with van der Waals surface area (Å²) in [5.74, 6) is -0.644. The van der Waals surface area contributed by atoms with E-state index in [1.807, 2.05) is 0 Å². The van der Waals surface area contributed by atoms with Crippen molar-refractivity contribution in [1.29, 1.82) is 0 Å². The second-order valence-electron chi connectivity index (χ2n) is 7.34. The molecule has 2 N–H and O–H groups in total. The molecule has 2 heterocycles. The van der Waals surface area contributed by atoms with E-state index in [0.29, 0.717) is 29.8 Å². The van der Waals surface area contributed by atoms with Crippen LogP contribution in [-0.4, -0.2) is 49.5 Å². The van der Waals surface area contributed by atoms with Gasteiger partial charge in [0.2, 0.25) is 10.0 Å². The predicted octanol–water partition coefficient (Wildman–Crippen LogP) is 1.30. The number of amides is 1. The number of rotatable bonds is 8. The first-order valence-corrected chi connectivity index (χ1v) is 11.2. The lowest BCUT2D eigenvalue weighted by molar-refractivity contribution is -0.151. The minimum atomic E-state index is -3.72. The normalized spacial score (nSPS) is 15.5. The molecule has 11 heteroatoms.